The molecule has 7 nitrogen and oxygen atoms in total. The van der Waals surface area contributed by atoms with E-state index in [1.807, 2.05) is 24.3 Å². The van der Waals surface area contributed by atoms with Gasteiger partial charge in [0.05, 0.1) is 19.3 Å². The molecule has 1 aromatic rings. The molecule has 0 bridgehead atoms. The van der Waals surface area contributed by atoms with E-state index >= 15 is 0 Å². The molecule has 2 rings (SSSR count). The molecule has 1 aromatic carbocycles. The number of carbonyl (C=O) groups is 1. The highest BCUT2D eigenvalue weighted by Gasteiger charge is 2.40. The molecule has 1 fully saturated rings. The maximum Gasteiger partial charge on any atom is 0.220 e. The first kappa shape index (κ1) is 60.1. The van der Waals surface area contributed by atoms with Gasteiger partial charge in [-0.15, -0.1) is 0 Å². The summed E-state index contributed by atoms with van der Waals surface area (Å²) < 4.78 is 19.3. The first-order valence-corrected chi connectivity index (χ1v) is 28.0. The van der Waals surface area contributed by atoms with Crippen molar-refractivity contribution in [3.05, 3.63) is 78.4 Å². The molecule has 382 valence electrons. The predicted molar refractivity (Wildman–Crippen MR) is 289 cm³/mol. The van der Waals surface area contributed by atoms with Crippen LogP contribution in [0.3, 0.4) is 0 Å². The van der Waals surface area contributed by atoms with Gasteiger partial charge in [-0.05, 0) is 153 Å². The lowest BCUT2D eigenvalue weighted by molar-refractivity contribution is -0.180. The first-order valence-electron chi connectivity index (χ1n) is 28.0. The van der Waals surface area contributed by atoms with Crippen LogP contribution in [0.15, 0.2) is 72.9 Å². The smallest absolute Gasteiger partial charge is 0.220 e. The Kier molecular flexibility index (Phi) is 38.6. The van der Waals surface area contributed by atoms with Crippen LogP contribution in [0.25, 0.3) is 0 Å². The number of carbonyl (C=O) groups excluding carboxylic acids is 1. The largest absolute Gasteiger partial charge is 0.494 e. The lowest BCUT2D eigenvalue weighted by Crippen LogP contribution is -2.32. The van der Waals surface area contributed by atoms with Gasteiger partial charge in [-0.3, -0.25) is 4.79 Å². The summed E-state index contributed by atoms with van der Waals surface area (Å²) in [6.45, 7) is 10.4. The molecule has 0 saturated carbocycles. The SMILES string of the molecule is CCCCC/C=C\C/C=C\CCCCCCCCC1(CCCCCCCC/C=C\C/C=C\CCCCC)OCC(CCN(C)CCCCCCNC(=O)CCCOc2ccc(C(C)=N)cc2)O1. The van der Waals surface area contributed by atoms with Crippen molar-refractivity contribution >= 4 is 11.6 Å². The van der Waals surface area contributed by atoms with Crippen LogP contribution in [-0.2, 0) is 14.3 Å². The number of allylic oxidation sites excluding steroid dienone is 8. The van der Waals surface area contributed by atoms with Crippen molar-refractivity contribution in [2.75, 3.05) is 39.9 Å². The van der Waals surface area contributed by atoms with E-state index in [2.05, 4.69) is 79.7 Å². The summed E-state index contributed by atoms with van der Waals surface area (Å²) in [6, 6.07) is 7.56. The summed E-state index contributed by atoms with van der Waals surface area (Å²) in [5.41, 5.74) is 1.44. The second-order valence-electron chi connectivity index (χ2n) is 19.6. The Bertz CT molecular complexity index is 1390. The molecule has 0 spiro atoms. The molecule has 7 heteroatoms. The topological polar surface area (TPSA) is 83.9 Å². The molecule has 1 aliphatic rings. The Hall–Kier alpha value is -3.00. The Labute approximate surface area is 413 Å². The zero-order valence-corrected chi connectivity index (χ0v) is 44.0. The highest BCUT2D eigenvalue weighted by molar-refractivity contribution is 5.96. The van der Waals surface area contributed by atoms with Crippen molar-refractivity contribution in [3.8, 4) is 5.75 Å². The van der Waals surface area contributed by atoms with E-state index in [4.69, 9.17) is 19.6 Å². The maximum atomic E-state index is 12.3. The molecule has 0 aliphatic carbocycles. The van der Waals surface area contributed by atoms with E-state index < -0.39 is 0 Å². The fraction of sp³-hybridized carbons (Fsp3) is 0.733. The van der Waals surface area contributed by atoms with Crippen LogP contribution in [0.5, 0.6) is 5.75 Å². The molecule has 0 aromatic heterocycles. The van der Waals surface area contributed by atoms with Crippen molar-refractivity contribution in [3.63, 3.8) is 0 Å². The molecule has 67 heavy (non-hydrogen) atoms. The van der Waals surface area contributed by atoms with Crippen molar-refractivity contribution in [2.45, 2.75) is 245 Å². The highest BCUT2D eigenvalue weighted by Crippen LogP contribution is 2.36. The number of benzene rings is 1. The molecular weight excluding hydrogens is 827 g/mol. The number of hydrogen-bond acceptors (Lipinski definition) is 6. The van der Waals surface area contributed by atoms with Gasteiger partial charge < -0.3 is 29.8 Å². The summed E-state index contributed by atoms with van der Waals surface area (Å²) in [5, 5.41) is 10.8. The fourth-order valence-corrected chi connectivity index (χ4v) is 8.79. The minimum absolute atomic E-state index is 0.100. The molecule has 2 N–H and O–H groups in total. The van der Waals surface area contributed by atoms with E-state index in [-0.39, 0.29) is 17.8 Å². The third kappa shape index (κ3) is 34.9. The summed E-state index contributed by atoms with van der Waals surface area (Å²) in [5.74, 6) is 0.495. The average molecular weight is 931 g/mol. The number of ether oxygens (including phenoxy) is 3. The van der Waals surface area contributed by atoms with E-state index in [9.17, 15) is 4.79 Å². The Morgan fingerprint density at radius 3 is 1.69 bits per heavy atom. The molecule has 1 saturated heterocycles. The molecule has 1 atom stereocenters. The van der Waals surface area contributed by atoms with Gasteiger partial charge in [-0.1, -0.05) is 152 Å². The molecular formula is C60H103N3O4. The summed E-state index contributed by atoms with van der Waals surface area (Å²) in [6.07, 6.45) is 58.3. The van der Waals surface area contributed by atoms with Gasteiger partial charge in [0.25, 0.3) is 0 Å². The molecule has 1 amide bonds. The number of hydrogen-bond donors (Lipinski definition) is 2. The summed E-state index contributed by atoms with van der Waals surface area (Å²) in [7, 11) is 2.24. The van der Waals surface area contributed by atoms with Gasteiger partial charge in [0.1, 0.15) is 5.75 Å². The van der Waals surface area contributed by atoms with Gasteiger partial charge in [0, 0.05) is 38.1 Å². The Morgan fingerprint density at radius 1 is 0.657 bits per heavy atom. The normalized spacial score (nSPS) is 15.1. The molecule has 1 aliphatic heterocycles. The average Bonchev–Trinajstić information content (AvgIpc) is 3.74. The predicted octanol–water partition coefficient (Wildman–Crippen LogP) is 16.8. The second kappa shape index (κ2) is 43.1. The molecule has 1 heterocycles. The molecule has 1 unspecified atom stereocenters. The van der Waals surface area contributed by atoms with Gasteiger partial charge in [-0.2, -0.15) is 0 Å². The van der Waals surface area contributed by atoms with E-state index in [1.165, 1.54) is 154 Å². The summed E-state index contributed by atoms with van der Waals surface area (Å²) in [4.78, 5) is 14.8. The van der Waals surface area contributed by atoms with Crippen molar-refractivity contribution in [2.24, 2.45) is 0 Å². The third-order valence-electron chi connectivity index (χ3n) is 13.2. The van der Waals surface area contributed by atoms with Crippen LogP contribution in [0, 0.1) is 5.41 Å². The maximum absolute atomic E-state index is 12.3. The number of unbranched alkanes of at least 4 members (excludes halogenated alkanes) is 21. The highest BCUT2D eigenvalue weighted by atomic mass is 16.7. The van der Waals surface area contributed by atoms with Gasteiger partial charge >= 0.3 is 0 Å². The summed E-state index contributed by atoms with van der Waals surface area (Å²) >= 11 is 0. The zero-order chi connectivity index (χ0) is 48.1. The van der Waals surface area contributed by atoms with Crippen molar-refractivity contribution in [1.29, 1.82) is 5.41 Å². The lowest BCUT2D eigenvalue weighted by atomic mass is 9.98. The van der Waals surface area contributed by atoms with E-state index in [1.54, 1.807) is 6.92 Å². The zero-order valence-electron chi connectivity index (χ0n) is 44.0. The Morgan fingerprint density at radius 2 is 1.15 bits per heavy atom. The minimum Gasteiger partial charge on any atom is -0.494 e. The van der Waals surface area contributed by atoms with Gasteiger partial charge in [-0.25, -0.2) is 0 Å². The van der Waals surface area contributed by atoms with E-state index in [0.717, 1.165) is 82.5 Å². The van der Waals surface area contributed by atoms with Crippen LogP contribution >= 0.6 is 0 Å². The van der Waals surface area contributed by atoms with Crippen LogP contribution < -0.4 is 10.1 Å². The number of rotatable bonds is 46. The second-order valence-corrected chi connectivity index (χ2v) is 19.6. The number of nitrogens with one attached hydrogen (secondary N) is 2. The number of amides is 1. The van der Waals surface area contributed by atoms with Crippen LogP contribution in [-0.4, -0.2) is 68.3 Å². The monoisotopic (exact) mass is 930 g/mol. The van der Waals surface area contributed by atoms with Gasteiger partial charge in [0.15, 0.2) is 5.79 Å². The van der Waals surface area contributed by atoms with Crippen LogP contribution in [0.1, 0.15) is 238 Å². The Balaban J connectivity index is 1.60. The number of nitrogens with zero attached hydrogens (tertiary/aromatic N) is 1. The molecule has 0 radical (unpaired) electrons. The lowest BCUT2D eigenvalue weighted by Gasteiger charge is -2.29. The van der Waals surface area contributed by atoms with Crippen LogP contribution in [0.2, 0.25) is 0 Å². The van der Waals surface area contributed by atoms with Crippen molar-refractivity contribution in [1.82, 2.24) is 10.2 Å². The fourth-order valence-electron chi connectivity index (χ4n) is 8.79. The van der Waals surface area contributed by atoms with Crippen LogP contribution in [0.4, 0.5) is 0 Å². The third-order valence-corrected chi connectivity index (χ3v) is 13.2. The first-order chi connectivity index (χ1) is 32.9. The quantitative estimate of drug-likeness (QED) is 0.0387. The van der Waals surface area contributed by atoms with E-state index in [0.29, 0.717) is 25.2 Å². The van der Waals surface area contributed by atoms with Gasteiger partial charge in [0.2, 0.25) is 5.91 Å². The van der Waals surface area contributed by atoms with Crippen molar-refractivity contribution < 1.29 is 19.0 Å². The standard InChI is InChI=1S/C60H103N3O4/c1-5-7-9-11-13-15-17-19-21-23-25-27-29-31-33-37-48-60(49-38-34-32-30-28-26-24-22-20-18-16-14-12-10-8-6-2)66-54-58(67-60)47-52-63(4)51-40-36-35-39-50-62-59(64)42-41-53-65-57-45-43-56(44-46-57)55(3)61/h13-16,19-22,43-46,58,61H,5-12,17-18,23-42,47-54H2,1-4H3,(H,62,64)/b15-13-,16-14-,21-19-,22-20-,61-55?. The minimum atomic E-state index is -0.384.